The first-order chi connectivity index (χ1) is 10.1. The van der Waals surface area contributed by atoms with Crippen LogP contribution in [0.1, 0.15) is 51.5 Å². The van der Waals surface area contributed by atoms with Crippen LogP contribution in [-0.2, 0) is 16.1 Å². The smallest absolute Gasteiger partial charge is 0.232 e. The monoisotopic (exact) mass is 287 g/mol. The highest BCUT2D eigenvalue weighted by molar-refractivity contribution is 5.99. The highest BCUT2D eigenvalue weighted by Gasteiger charge is 2.38. The third kappa shape index (κ3) is 3.93. The molecule has 0 radical (unpaired) electrons. The largest absolute Gasteiger partial charge is 0.278 e. The van der Waals surface area contributed by atoms with E-state index in [0.29, 0.717) is 13.0 Å². The number of likely N-dealkylation sites (tertiary alicyclic amines) is 1. The highest BCUT2D eigenvalue weighted by Crippen LogP contribution is 2.30. The summed E-state index contributed by atoms with van der Waals surface area (Å²) in [6, 6.07) is 9.75. The Hall–Kier alpha value is -1.64. The molecule has 0 spiro atoms. The molecular formula is C18H25NO2. The van der Waals surface area contributed by atoms with Crippen LogP contribution in [0.15, 0.2) is 30.3 Å². The Morgan fingerprint density at radius 2 is 1.86 bits per heavy atom. The SMILES string of the molecule is CCCCCC1C(=O)N(Cc2ccccc2)C(=O)CC1C. The quantitative estimate of drug-likeness (QED) is 0.590. The zero-order chi connectivity index (χ0) is 15.2. The predicted molar refractivity (Wildman–Crippen MR) is 83.4 cm³/mol. The summed E-state index contributed by atoms with van der Waals surface area (Å²) in [6.07, 6.45) is 4.79. The summed E-state index contributed by atoms with van der Waals surface area (Å²) in [5, 5.41) is 0. The summed E-state index contributed by atoms with van der Waals surface area (Å²) in [6.45, 7) is 4.61. The Balaban J connectivity index is 2.06. The Morgan fingerprint density at radius 3 is 2.52 bits per heavy atom. The Labute approximate surface area is 127 Å². The first-order valence-corrected chi connectivity index (χ1v) is 8.01. The van der Waals surface area contributed by atoms with Crippen molar-refractivity contribution in [2.45, 2.75) is 52.5 Å². The standard InChI is InChI=1S/C18H25NO2/c1-3-4-6-11-16-14(2)12-17(20)19(18(16)21)13-15-9-7-5-8-10-15/h5,7-10,14,16H,3-4,6,11-13H2,1-2H3. The van der Waals surface area contributed by atoms with Crippen molar-refractivity contribution in [3.8, 4) is 0 Å². The van der Waals surface area contributed by atoms with Crippen LogP contribution in [0, 0.1) is 11.8 Å². The molecule has 2 unspecified atom stereocenters. The summed E-state index contributed by atoms with van der Waals surface area (Å²) in [4.78, 5) is 26.3. The fraction of sp³-hybridized carbons (Fsp3) is 0.556. The molecule has 1 fully saturated rings. The van der Waals surface area contributed by atoms with Crippen molar-refractivity contribution >= 4 is 11.8 Å². The van der Waals surface area contributed by atoms with Crippen LogP contribution in [-0.4, -0.2) is 16.7 Å². The number of carbonyl (C=O) groups is 2. The van der Waals surface area contributed by atoms with Crippen LogP contribution in [0.25, 0.3) is 0 Å². The third-order valence-electron chi connectivity index (χ3n) is 4.37. The molecule has 1 saturated heterocycles. The van der Waals surface area contributed by atoms with Gasteiger partial charge in [-0.3, -0.25) is 14.5 Å². The van der Waals surface area contributed by atoms with Gasteiger partial charge in [-0.25, -0.2) is 0 Å². The van der Waals surface area contributed by atoms with Gasteiger partial charge in [0.05, 0.1) is 6.54 Å². The van der Waals surface area contributed by atoms with Crippen molar-refractivity contribution < 1.29 is 9.59 Å². The average molecular weight is 287 g/mol. The number of hydrogen-bond acceptors (Lipinski definition) is 2. The number of benzene rings is 1. The van der Waals surface area contributed by atoms with E-state index in [2.05, 4.69) is 6.92 Å². The number of nitrogens with zero attached hydrogens (tertiary/aromatic N) is 1. The minimum Gasteiger partial charge on any atom is -0.278 e. The summed E-state index contributed by atoms with van der Waals surface area (Å²) in [5.74, 6) is 0.189. The van der Waals surface area contributed by atoms with Crippen molar-refractivity contribution in [3.05, 3.63) is 35.9 Å². The van der Waals surface area contributed by atoms with Crippen molar-refractivity contribution in [2.75, 3.05) is 0 Å². The van der Waals surface area contributed by atoms with E-state index in [1.807, 2.05) is 37.3 Å². The number of amides is 2. The second-order valence-corrected chi connectivity index (χ2v) is 6.09. The zero-order valence-corrected chi connectivity index (χ0v) is 13.0. The maximum atomic E-state index is 12.6. The van der Waals surface area contributed by atoms with E-state index in [-0.39, 0.29) is 23.7 Å². The van der Waals surface area contributed by atoms with Crippen LogP contribution in [0.4, 0.5) is 0 Å². The molecule has 3 nitrogen and oxygen atoms in total. The lowest BCUT2D eigenvalue weighted by molar-refractivity contribution is -0.155. The van der Waals surface area contributed by atoms with Gasteiger partial charge in [0.1, 0.15) is 0 Å². The molecule has 3 heteroatoms. The molecule has 1 heterocycles. The molecule has 2 rings (SSSR count). The second kappa shape index (κ2) is 7.39. The van der Waals surface area contributed by atoms with Crippen molar-refractivity contribution in [1.29, 1.82) is 0 Å². The van der Waals surface area contributed by atoms with Gasteiger partial charge in [-0.05, 0) is 17.9 Å². The van der Waals surface area contributed by atoms with Gasteiger partial charge in [0, 0.05) is 12.3 Å². The van der Waals surface area contributed by atoms with Gasteiger partial charge < -0.3 is 0 Å². The number of carbonyl (C=O) groups excluding carboxylic acids is 2. The van der Waals surface area contributed by atoms with E-state index in [1.165, 1.54) is 4.90 Å². The molecule has 1 aromatic carbocycles. The van der Waals surface area contributed by atoms with Gasteiger partial charge >= 0.3 is 0 Å². The van der Waals surface area contributed by atoms with Crippen molar-refractivity contribution in [2.24, 2.45) is 11.8 Å². The van der Waals surface area contributed by atoms with Gasteiger partial charge in [-0.1, -0.05) is 63.4 Å². The summed E-state index contributed by atoms with van der Waals surface area (Å²) < 4.78 is 0. The van der Waals surface area contributed by atoms with Gasteiger partial charge in [-0.15, -0.1) is 0 Å². The zero-order valence-electron chi connectivity index (χ0n) is 13.0. The minimum absolute atomic E-state index is 0.0120. The van der Waals surface area contributed by atoms with E-state index < -0.39 is 0 Å². The Kier molecular flexibility index (Phi) is 5.54. The second-order valence-electron chi connectivity index (χ2n) is 6.09. The number of piperidine rings is 1. The topological polar surface area (TPSA) is 37.4 Å². The normalized spacial score (nSPS) is 22.7. The van der Waals surface area contributed by atoms with Crippen LogP contribution >= 0.6 is 0 Å². The van der Waals surface area contributed by atoms with Gasteiger partial charge in [0.25, 0.3) is 0 Å². The lowest BCUT2D eigenvalue weighted by Crippen LogP contribution is -2.47. The third-order valence-corrected chi connectivity index (χ3v) is 4.37. The molecular weight excluding hydrogens is 262 g/mol. The van der Waals surface area contributed by atoms with E-state index in [9.17, 15) is 9.59 Å². The van der Waals surface area contributed by atoms with E-state index in [0.717, 1.165) is 31.2 Å². The summed E-state index contributed by atoms with van der Waals surface area (Å²) in [5.41, 5.74) is 1.01. The van der Waals surface area contributed by atoms with Gasteiger partial charge in [-0.2, -0.15) is 0 Å². The minimum atomic E-state index is -0.0249. The molecule has 0 aromatic heterocycles. The van der Waals surface area contributed by atoms with Crippen LogP contribution in [0.3, 0.4) is 0 Å². The molecule has 1 aliphatic rings. The van der Waals surface area contributed by atoms with Gasteiger partial charge in [0.2, 0.25) is 11.8 Å². The maximum Gasteiger partial charge on any atom is 0.232 e. The fourth-order valence-electron chi connectivity index (χ4n) is 3.05. The molecule has 0 bridgehead atoms. The fourth-order valence-corrected chi connectivity index (χ4v) is 3.05. The van der Waals surface area contributed by atoms with Gasteiger partial charge in [0.15, 0.2) is 0 Å². The van der Waals surface area contributed by atoms with Crippen LogP contribution in [0.2, 0.25) is 0 Å². The first kappa shape index (κ1) is 15.7. The highest BCUT2D eigenvalue weighted by atomic mass is 16.2. The lowest BCUT2D eigenvalue weighted by Gasteiger charge is -2.35. The van der Waals surface area contributed by atoms with Crippen molar-refractivity contribution in [3.63, 3.8) is 0 Å². The number of rotatable bonds is 6. The predicted octanol–water partition coefficient (Wildman–Crippen LogP) is 3.78. The molecule has 1 aromatic rings. The number of hydrogen-bond donors (Lipinski definition) is 0. The lowest BCUT2D eigenvalue weighted by atomic mass is 9.82. The van der Waals surface area contributed by atoms with Crippen LogP contribution in [0.5, 0.6) is 0 Å². The molecule has 1 aliphatic heterocycles. The van der Waals surface area contributed by atoms with Crippen molar-refractivity contribution in [1.82, 2.24) is 4.90 Å². The number of unbranched alkanes of at least 4 members (excludes halogenated alkanes) is 2. The molecule has 0 aliphatic carbocycles. The Morgan fingerprint density at radius 1 is 1.14 bits per heavy atom. The molecule has 114 valence electrons. The number of imide groups is 1. The van der Waals surface area contributed by atoms with E-state index >= 15 is 0 Å². The molecule has 0 N–H and O–H groups in total. The van der Waals surface area contributed by atoms with E-state index in [4.69, 9.17) is 0 Å². The molecule has 0 saturated carbocycles. The average Bonchev–Trinajstić information content (AvgIpc) is 2.48. The summed E-state index contributed by atoms with van der Waals surface area (Å²) in [7, 11) is 0. The van der Waals surface area contributed by atoms with Crippen LogP contribution < -0.4 is 0 Å². The molecule has 2 atom stereocenters. The first-order valence-electron chi connectivity index (χ1n) is 8.01. The van der Waals surface area contributed by atoms with E-state index in [1.54, 1.807) is 0 Å². The molecule has 21 heavy (non-hydrogen) atoms. The Bertz CT molecular complexity index is 483. The summed E-state index contributed by atoms with van der Waals surface area (Å²) >= 11 is 0. The maximum absolute atomic E-state index is 12.6. The molecule has 2 amide bonds.